The minimum Gasteiger partial charge on any atom is -0.478 e. The first-order valence-electron chi connectivity index (χ1n) is 3.43. The first kappa shape index (κ1) is 14.0. The van der Waals surface area contributed by atoms with Crippen LogP contribution in [0.15, 0.2) is 11.3 Å². The zero-order valence-corrected chi connectivity index (χ0v) is 8.12. The molecule has 0 unspecified atom stereocenters. The van der Waals surface area contributed by atoms with E-state index in [0.717, 1.165) is 7.05 Å². The average molecular weight is 251 g/mol. The standard InChI is InChI=1S/C6H6F4N2O2.ClH/c1-12-6(9,10)2(5(13)14)3(11-12)4(7)8;/h4,11H,1H3,(H,13,14);1H. The Bertz CT molecular complexity index is 308. The Morgan fingerprint density at radius 1 is 1.53 bits per heavy atom. The van der Waals surface area contributed by atoms with E-state index in [1.165, 1.54) is 0 Å². The van der Waals surface area contributed by atoms with E-state index in [9.17, 15) is 22.4 Å². The van der Waals surface area contributed by atoms with Crippen molar-refractivity contribution >= 4 is 18.4 Å². The Balaban J connectivity index is 0.00000196. The van der Waals surface area contributed by atoms with Gasteiger partial charge in [0.05, 0.1) is 0 Å². The second-order valence-electron chi connectivity index (χ2n) is 2.61. The van der Waals surface area contributed by atoms with Crippen LogP contribution in [0.1, 0.15) is 0 Å². The van der Waals surface area contributed by atoms with Crippen LogP contribution in [-0.2, 0) is 4.79 Å². The number of hydrogen-bond acceptors (Lipinski definition) is 3. The topological polar surface area (TPSA) is 52.6 Å². The summed E-state index contributed by atoms with van der Waals surface area (Å²) in [7, 11) is 0.776. The van der Waals surface area contributed by atoms with E-state index >= 15 is 0 Å². The molecule has 0 saturated heterocycles. The highest BCUT2D eigenvalue weighted by Gasteiger charge is 2.52. The van der Waals surface area contributed by atoms with Crippen molar-refractivity contribution in [3.05, 3.63) is 11.3 Å². The van der Waals surface area contributed by atoms with Gasteiger partial charge >= 0.3 is 12.0 Å². The number of carboxylic acid groups (broad SMARTS) is 1. The summed E-state index contributed by atoms with van der Waals surface area (Å²) in [6, 6.07) is -3.93. The van der Waals surface area contributed by atoms with E-state index < -0.39 is 29.7 Å². The smallest absolute Gasteiger partial charge is 0.356 e. The predicted octanol–water partition coefficient (Wildman–Crippen LogP) is 1.05. The summed E-state index contributed by atoms with van der Waals surface area (Å²) in [6.07, 6.45) is -3.28. The summed E-state index contributed by atoms with van der Waals surface area (Å²) in [5, 5.41) is 8.37. The molecule has 0 fully saturated rings. The summed E-state index contributed by atoms with van der Waals surface area (Å²) >= 11 is 0. The Morgan fingerprint density at radius 3 is 2.27 bits per heavy atom. The first-order valence-corrected chi connectivity index (χ1v) is 3.43. The molecule has 0 amide bonds. The van der Waals surface area contributed by atoms with Gasteiger partial charge in [0.25, 0.3) is 6.43 Å². The lowest BCUT2D eigenvalue weighted by atomic mass is 10.2. The quantitative estimate of drug-likeness (QED) is 0.568. The number of nitrogens with zero attached hydrogens (tertiary/aromatic N) is 1. The zero-order valence-electron chi connectivity index (χ0n) is 7.30. The molecule has 0 bridgehead atoms. The number of hydrazine groups is 1. The Morgan fingerprint density at radius 2 is 2.00 bits per heavy atom. The number of nitrogens with one attached hydrogen (secondary N) is 1. The van der Waals surface area contributed by atoms with Crippen molar-refractivity contribution in [2.24, 2.45) is 0 Å². The Labute approximate surface area is 87.9 Å². The van der Waals surface area contributed by atoms with Crippen LogP contribution >= 0.6 is 12.4 Å². The minimum atomic E-state index is -3.93. The van der Waals surface area contributed by atoms with Gasteiger partial charge in [-0.15, -0.1) is 12.4 Å². The maximum atomic E-state index is 13.0. The molecule has 88 valence electrons. The molecule has 0 aliphatic carbocycles. The third-order valence-electron chi connectivity index (χ3n) is 1.71. The second-order valence-corrected chi connectivity index (χ2v) is 2.61. The number of likely N-dealkylation sites (N-methyl/N-ethyl adjacent to an activating group) is 1. The highest BCUT2D eigenvalue weighted by atomic mass is 35.5. The Kier molecular flexibility index (Phi) is 3.94. The van der Waals surface area contributed by atoms with Crippen molar-refractivity contribution in [1.82, 2.24) is 10.4 Å². The lowest BCUT2D eigenvalue weighted by Crippen LogP contribution is -2.42. The van der Waals surface area contributed by atoms with Gasteiger partial charge < -0.3 is 10.5 Å². The van der Waals surface area contributed by atoms with Crippen molar-refractivity contribution in [2.45, 2.75) is 12.5 Å². The van der Waals surface area contributed by atoms with Gasteiger partial charge in [0.15, 0.2) is 0 Å². The maximum absolute atomic E-state index is 13.0. The molecule has 0 spiro atoms. The molecule has 0 aromatic heterocycles. The monoisotopic (exact) mass is 250 g/mol. The molecule has 2 N–H and O–H groups in total. The van der Waals surface area contributed by atoms with E-state index in [1.807, 2.05) is 0 Å². The Hall–Kier alpha value is -1.02. The fraction of sp³-hybridized carbons (Fsp3) is 0.500. The third-order valence-corrected chi connectivity index (χ3v) is 1.71. The van der Waals surface area contributed by atoms with Gasteiger partial charge in [0.2, 0.25) is 0 Å². The highest BCUT2D eigenvalue weighted by molar-refractivity contribution is 5.90. The van der Waals surface area contributed by atoms with Crippen molar-refractivity contribution < 1.29 is 27.5 Å². The van der Waals surface area contributed by atoms with E-state index in [4.69, 9.17) is 5.11 Å². The van der Waals surface area contributed by atoms with Crippen molar-refractivity contribution in [1.29, 1.82) is 0 Å². The molecule has 15 heavy (non-hydrogen) atoms. The van der Waals surface area contributed by atoms with Crippen molar-refractivity contribution in [3.8, 4) is 0 Å². The molecular weight excluding hydrogens is 244 g/mol. The van der Waals surface area contributed by atoms with Gasteiger partial charge in [-0.2, -0.15) is 13.8 Å². The van der Waals surface area contributed by atoms with Crippen LogP contribution < -0.4 is 5.43 Å². The normalized spacial score (nSPS) is 20.1. The summed E-state index contributed by atoms with van der Waals surface area (Å²) in [5.74, 6) is -2.07. The van der Waals surface area contributed by atoms with Crippen LogP contribution in [-0.4, -0.2) is 35.6 Å². The predicted molar refractivity (Wildman–Crippen MR) is 43.8 cm³/mol. The number of alkyl halides is 4. The van der Waals surface area contributed by atoms with Crippen LogP contribution in [0.4, 0.5) is 17.6 Å². The summed E-state index contributed by atoms with van der Waals surface area (Å²) < 4.78 is 50.2. The number of halogens is 5. The molecule has 0 aromatic rings. The second kappa shape index (κ2) is 4.23. The van der Waals surface area contributed by atoms with Crippen LogP contribution in [0, 0.1) is 0 Å². The highest BCUT2D eigenvalue weighted by Crippen LogP contribution is 2.35. The fourth-order valence-corrected chi connectivity index (χ4v) is 1.04. The van der Waals surface area contributed by atoms with Crippen molar-refractivity contribution in [3.63, 3.8) is 0 Å². The van der Waals surface area contributed by atoms with E-state index in [1.54, 1.807) is 5.43 Å². The number of aliphatic carboxylic acids is 1. The molecular formula is C6H7ClF4N2O2. The number of rotatable bonds is 2. The molecule has 0 atom stereocenters. The minimum absolute atomic E-state index is 0. The van der Waals surface area contributed by atoms with E-state index in [2.05, 4.69) is 0 Å². The van der Waals surface area contributed by atoms with Crippen LogP contribution in [0.25, 0.3) is 0 Å². The van der Waals surface area contributed by atoms with Crippen molar-refractivity contribution in [2.75, 3.05) is 7.05 Å². The van der Waals surface area contributed by atoms with Crippen LogP contribution in [0.5, 0.6) is 0 Å². The van der Waals surface area contributed by atoms with Gasteiger partial charge in [0.1, 0.15) is 11.3 Å². The number of carboxylic acids is 1. The van der Waals surface area contributed by atoms with Gasteiger partial charge in [0, 0.05) is 7.05 Å². The summed E-state index contributed by atoms with van der Waals surface area (Å²) in [4.78, 5) is 10.3. The molecule has 9 heteroatoms. The lowest BCUT2D eigenvalue weighted by Gasteiger charge is -2.19. The molecule has 1 aliphatic rings. The molecule has 0 aromatic carbocycles. The first-order chi connectivity index (χ1) is 6.28. The van der Waals surface area contributed by atoms with Gasteiger partial charge in [-0.1, -0.05) is 0 Å². The van der Waals surface area contributed by atoms with E-state index in [-0.39, 0.29) is 17.4 Å². The summed E-state index contributed by atoms with van der Waals surface area (Å²) in [6.45, 7) is 0. The molecule has 0 radical (unpaired) electrons. The molecule has 0 saturated carbocycles. The number of carbonyl (C=O) groups is 1. The largest absolute Gasteiger partial charge is 0.478 e. The SMILES string of the molecule is CN1NC(C(F)F)=C(C(=O)O)C1(F)F.Cl. The third kappa shape index (κ3) is 2.15. The maximum Gasteiger partial charge on any atom is 0.356 e. The zero-order chi connectivity index (χ0) is 11.1. The number of allylic oxidation sites excluding steroid dienone is 1. The van der Waals surface area contributed by atoms with Gasteiger partial charge in [-0.05, 0) is 0 Å². The van der Waals surface area contributed by atoms with Crippen LogP contribution in [0.2, 0.25) is 0 Å². The fourth-order valence-electron chi connectivity index (χ4n) is 1.04. The summed E-state index contributed by atoms with van der Waals surface area (Å²) in [5.41, 5.74) is -1.28. The van der Waals surface area contributed by atoms with Gasteiger partial charge in [-0.25, -0.2) is 13.6 Å². The average Bonchev–Trinajstić information content (AvgIpc) is 2.23. The number of hydrogen-bond donors (Lipinski definition) is 2. The molecule has 1 aliphatic heterocycles. The molecule has 1 rings (SSSR count). The molecule has 4 nitrogen and oxygen atoms in total. The van der Waals surface area contributed by atoms with E-state index in [0.29, 0.717) is 0 Å². The van der Waals surface area contributed by atoms with Gasteiger partial charge in [-0.3, -0.25) is 0 Å². The van der Waals surface area contributed by atoms with Crippen LogP contribution in [0.3, 0.4) is 0 Å². The lowest BCUT2D eigenvalue weighted by molar-refractivity contribution is -0.144. The molecule has 1 heterocycles.